The van der Waals surface area contributed by atoms with Gasteiger partial charge in [-0.15, -0.1) is 0 Å². The maximum atomic E-state index is 12.7. The van der Waals surface area contributed by atoms with E-state index in [1.807, 2.05) is 30.5 Å². The molecule has 1 fully saturated rings. The van der Waals surface area contributed by atoms with Gasteiger partial charge in [0.2, 0.25) is 11.8 Å². The molecule has 1 aliphatic heterocycles. The Labute approximate surface area is 127 Å². The van der Waals surface area contributed by atoms with Crippen molar-refractivity contribution in [2.24, 2.45) is 5.92 Å². The summed E-state index contributed by atoms with van der Waals surface area (Å²) in [6.45, 7) is 10.3. The van der Waals surface area contributed by atoms with E-state index in [0.717, 1.165) is 11.5 Å². The smallest absolute Gasteiger partial charge is 0.246 e. The van der Waals surface area contributed by atoms with Gasteiger partial charge in [-0.25, -0.2) is 0 Å². The van der Waals surface area contributed by atoms with E-state index in [2.05, 4.69) is 26.1 Å². The molecule has 116 valence electrons. The predicted molar refractivity (Wildman–Crippen MR) is 84.8 cm³/mol. The Balaban J connectivity index is 2.88. The summed E-state index contributed by atoms with van der Waals surface area (Å²) in [7, 11) is 0. The van der Waals surface area contributed by atoms with Crippen LogP contribution in [0.5, 0.6) is 0 Å². The molecule has 20 heavy (non-hydrogen) atoms. The van der Waals surface area contributed by atoms with Crippen LogP contribution in [0, 0.1) is 5.92 Å². The highest BCUT2D eigenvalue weighted by Crippen LogP contribution is 2.21. The van der Waals surface area contributed by atoms with Gasteiger partial charge in [0, 0.05) is 11.8 Å². The molecule has 4 nitrogen and oxygen atoms in total. The largest absolute Gasteiger partial charge is 0.342 e. The summed E-state index contributed by atoms with van der Waals surface area (Å²) < 4.78 is 0. The van der Waals surface area contributed by atoms with Crippen molar-refractivity contribution in [3.63, 3.8) is 0 Å². The fraction of sp³-hybridized carbons (Fsp3) is 0.867. The summed E-state index contributed by atoms with van der Waals surface area (Å²) in [6.07, 6.45) is 1.39. The van der Waals surface area contributed by atoms with Gasteiger partial charge in [0.1, 0.15) is 12.1 Å². The van der Waals surface area contributed by atoms with Gasteiger partial charge in [-0.3, -0.25) is 9.59 Å². The average molecular weight is 300 g/mol. The minimum absolute atomic E-state index is 0.00565. The lowest BCUT2D eigenvalue weighted by molar-refractivity contribution is -0.151. The van der Waals surface area contributed by atoms with Crippen LogP contribution in [0.1, 0.15) is 47.5 Å². The second kappa shape index (κ2) is 7.91. The van der Waals surface area contributed by atoms with Gasteiger partial charge >= 0.3 is 0 Å². The van der Waals surface area contributed by atoms with Crippen LogP contribution in [0.4, 0.5) is 0 Å². The van der Waals surface area contributed by atoms with E-state index in [-0.39, 0.29) is 29.9 Å². The molecule has 0 aromatic rings. The molecule has 3 atom stereocenters. The molecule has 1 saturated heterocycles. The van der Waals surface area contributed by atoms with Crippen LogP contribution in [0.3, 0.4) is 0 Å². The van der Waals surface area contributed by atoms with Crippen molar-refractivity contribution >= 4 is 23.6 Å². The fourth-order valence-electron chi connectivity index (χ4n) is 2.70. The predicted octanol–water partition coefficient (Wildman–Crippen LogP) is 2.28. The monoisotopic (exact) mass is 300 g/mol. The minimum Gasteiger partial charge on any atom is -0.342 e. The molecular weight excluding hydrogens is 272 g/mol. The zero-order chi connectivity index (χ0) is 15.3. The van der Waals surface area contributed by atoms with E-state index in [0.29, 0.717) is 18.8 Å². The molecule has 0 bridgehead atoms. The molecule has 5 heteroatoms. The Morgan fingerprint density at radius 1 is 1.25 bits per heavy atom. The molecule has 0 radical (unpaired) electrons. The fourth-order valence-corrected chi connectivity index (χ4v) is 3.43. The van der Waals surface area contributed by atoms with Crippen molar-refractivity contribution in [3.05, 3.63) is 0 Å². The lowest BCUT2D eigenvalue weighted by atomic mass is 9.96. The zero-order valence-electron chi connectivity index (χ0n) is 13.3. The van der Waals surface area contributed by atoms with Gasteiger partial charge in [0.15, 0.2) is 0 Å². The number of carbonyl (C=O) groups excluding carboxylic acids is 2. The minimum atomic E-state index is -0.348. The second-order valence-electron chi connectivity index (χ2n) is 5.87. The van der Waals surface area contributed by atoms with E-state index < -0.39 is 0 Å². The number of carbonyl (C=O) groups is 2. The van der Waals surface area contributed by atoms with Crippen LogP contribution in [0.2, 0.25) is 0 Å². The third kappa shape index (κ3) is 4.14. The SMILES string of the molecule is CCSCC(C)N1C(=O)C(CC(C)C)NC(=O)C1CC. The van der Waals surface area contributed by atoms with Gasteiger partial charge in [0.25, 0.3) is 0 Å². The van der Waals surface area contributed by atoms with Crippen LogP contribution in [-0.2, 0) is 9.59 Å². The lowest BCUT2D eigenvalue weighted by Gasteiger charge is -2.42. The van der Waals surface area contributed by atoms with E-state index in [4.69, 9.17) is 0 Å². The van der Waals surface area contributed by atoms with Gasteiger partial charge < -0.3 is 10.2 Å². The Morgan fingerprint density at radius 2 is 1.90 bits per heavy atom. The molecule has 1 rings (SSSR count). The molecular formula is C15H28N2O2S. The van der Waals surface area contributed by atoms with Crippen LogP contribution >= 0.6 is 11.8 Å². The highest BCUT2D eigenvalue weighted by molar-refractivity contribution is 7.99. The van der Waals surface area contributed by atoms with Gasteiger partial charge in [-0.1, -0.05) is 27.7 Å². The standard InChI is InChI=1S/C15H28N2O2S/c1-6-13-14(18)16-12(8-10(3)4)15(19)17(13)11(5)9-20-7-2/h10-13H,6-9H2,1-5H3,(H,16,18). The average Bonchev–Trinajstić information content (AvgIpc) is 2.38. The first-order chi connectivity index (χ1) is 9.42. The topological polar surface area (TPSA) is 49.4 Å². The molecule has 2 amide bonds. The Kier molecular flexibility index (Phi) is 6.86. The molecule has 0 saturated carbocycles. The summed E-state index contributed by atoms with van der Waals surface area (Å²) in [4.78, 5) is 26.7. The summed E-state index contributed by atoms with van der Waals surface area (Å²) in [5, 5.41) is 2.90. The van der Waals surface area contributed by atoms with Gasteiger partial charge in [0.05, 0.1) is 0 Å². The van der Waals surface area contributed by atoms with Crippen molar-refractivity contribution in [1.29, 1.82) is 0 Å². The number of piperazine rings is 1. The zero-order valence-corrected chi connectivity index (χ0v) is 14.1. The molecule has 0 aromatic heterocycles. The maximum absolute atomic E-state index is 12.7. The van der Waals surface area contributed by atoms with E-state index in [1.54, 1.807) is 0 Å². The maximum Gasteiger partial charge on any atom is 0.246 e. The number of nitrogens with one attached hydrogen (secondary N) is 1. The third-order valence-corrected chi connectivity index (χ3v) is 4.77. The highest BCUT2D eigenvalue weighted by Gasteiger charge is 2.41. The number of hydrogen-bond acceptors (Lipinski definition) is 3. The summed E-state index contributed by atoms with van der Waals surface area (Å²) in [6, 6.07) is -0.546. The highest BCUT2D eigenvalue weighted by atomic mass is 32.2. The quantitative estimate of drug-likeness (QED) is 0.785. The number of hydrogen-bond donors (Lipinski definition) is 1. The summed E-state index contributed by atoms with van der Waals surface area (Å²) in [5.41, 5.74) is 0. The van der Waals surface area contributed by atoms with E-state index in [9.17, 15) is 9.59 Å². The number of nitrogens with zero attached hydrogens (tertiary/aromatic N) is 1. The number of amides is 2. The first kappa shape index (κ1) is 17.3. The van der Waals surface area contributed by atoms with E-state index >= 15 is 0 Å². The van der Waals surface area contributed by atoms with Crippen molar-refractivity contribution < 1.29 is 9.59 Å². The van der Waals surface area contributed by atoms with Crippen molar-refractivity contribution in [2.75, 3.05) is 11.5 Å². The lowest BCUT2D eigenvalue weighted by Crippen LogP contribution is -2.65. The van der Waals surface area contributed by atoms with Crippen LogP contribution in [0.15, 0.2) is 0 Å². The van der Waals surface area contributed by atoms with Crippen LogP contribution in [0.25, 0.3) is 0 Å². The Hall–Kier alpha value is -0.710. The summed E-state index contributed by atoms with van der Waals surface area (Å²) in [5.74, 6) is 2.41. The molecule has 0 spiro atoms. The summed E-state index contributed by atoms with van der Waals surface area (Å²) >= 11 is 1.82. The van der Waals surface area contributed by atoms with Crippen LogP contribution in [-0.4, -0.2) is 46.3 Å². The van der Waals surface area contributed by atoms with Gasteiger partial charge in [-0.05, 0) is 31.4 Å². The van der Waals surface area contributed by atoms with E-state index in [1.165, 1.54) is 0 Å². The number of thioether (sulfide) groups is 1. The molecule has 1 aliphatic rings. The van der Waals surface area contributed by atoms with Gasteiger partial charge in [-0.2, -0.15) is 11.8 Å². The second-order valence-corrected chi connectivity index (χ2v) is 7.19. The number of rotatable bonds is 7. The molecule has 0 aromatic carbocycles. The first-order valence-electron chi connectivity index (χ1n) is 7.62. The Morgan fingerprint density at radius 3 is 2.40 bits per heavy atom. The molecule has 1 N–H and O–H groups in total. The third-order valence-electron chi connectivity index (χ3n) is 3.64. The first-order valence-corrected chi connectivity index (χ1v) is 8.78. The Bertz CT molecular complexity index is 347. The van der Waals surface area contributed by atoms with Crippen molar-refractivity contribution in [1.82, 2.24) is 10.2 Å². The van der Waals surface area contributed by atoms with Crippen LogP contribution < -0.4 is 5.32 Å². The van der Waals surface area contributed by atoms with Crippen molar-refractivity contribution in [2.45, 2.75) is 65.6 Å². The molecule has 3 unspecified atom stereocenters. The normalized spacial score (nSPS) is 25.0. The van der Waals surface area contributed by atoms with Crippen molar-refractivity contribution in [3.8, 4) is 0 Å². The molecule has 1 heterocycles. The molecule has 0 aliphatic carbocycles.